The van der Waals surface area contributed by atoms with E-state index in [0.717, 1.165) is 24.0 Å². The van der Waals surface area contributed by atoms with Gasteiger partial charge in [0.25, 0.3) is 5.91 Å². The van der Waals surface area contributed by atoms with E-state index in [9.17, 15) is 9.59 Å². The van der Waals surface area contributed by atoms with Gasteiger partial charge in [-0.1, -0.05) is 0 Å². The molecular weight excluding hydrogens is 308 g/mol. The van der Waals surface area contributed by atoms with Crippen LogP contribution >= 0.6 is 0 Å². The summed E-state index contributed by atoms with van der Waals surface area (Å²) in [7, 11) is 0. The Bertz CT molecular complexity index is 726. The van der Waals surface area contributed by atoms with Gasteiger partial charge in [0, 0.05) is 31.7 Å². The number of aromatic nitrogens is 3. The molecule has 0 atom stereocenters. The molecular formula is C17H22N4O3. The maximum absolute atomic E-state index is 12.5. The summed E-state index contributed by atoms with van der Waals surface area (Å²) in [5.74, 6) is -0.279. The van der Waals surface area contributed by atoms with E-state index in [1.54, 1.807) is 25.5 Å². The second-order valence-electron chi connectivity index (χ2n) is 6.00. The minimum atomic E-state index is -0.348. The van der Waals surface area contributed by atoms with E-state index in [1.165, 1.54) is 0 Å². The Hall–Kier alpha value is -2.57. The lowest BCUT2D eigenvalue weighted by Crippen LogP contribution is -2.39. The molecule has 0 unspecified atom stereocenters. The highest BCUT2D eigenvalue weighted by Gasteiger charge is 2.26. The van der Waals surface area contributed by atoms with Crippen LogP contribution in [0.2, 0.25) is 0 Å². The monoisotopic (exact) mass is 330 g/mol. The summed E-state index contributed by atoms with van der Waals surface area (Å²) in [6.45, 7) is 5.42. The van der Waals surface area contributed by atoms with Crippen molar-refractivity contribution in [1.29, 1.82) is 0 Å². The summed E-state index contributed by atoms with van der Waals surface area (Å²) in [5, 5.41) is 4.28. The highest BCUT2D eigenvalue weighted by molar-refractivity contribution is 5.95. The number of H-pyrrole nitrogens is 1. The number of aromatic amines is 1. The average Bonchev–Trinajstić information content (AvgIpc) is 3.24. The van der Waals surface area contributed by atoms with Gasteiger partial charge in [-0.3, -0.25) is 9.48 Å². The summed E-state index contributed by atoms with van der Waals surface area (Å²) in [4.78, 5) is 29.1. The van der Waals surface area contributed by atoms with Crippen molar-refractivity contribution in [2.24, 2.45) is 0 Å². The second-order valence-corrected chi connectivity index (χ2v) is 6.00. The van der Waals surface area contributed by atoms with E-state index in [1.807, 2.05) is 22.7 Å². The van der Waals surface area contributed by atoms with Gasteiger partial charge in [-0.25, -0.2) is 4.79 Å². The van der Waals surface area contributed by atoms with Gasteiger partial charge in [0.15, 0.2) is 0 Å². The first-order valence-electron chi connectivity index (χ1n) is 8.24. The quantitative estimate of drug-likeness (QED) is 0.871. The third-order valence-electron chi connectivity index (χ3n) is 4.42. The molecule has 0 spiro atoms. The number of esters is 1. The molecule has 7 heteroatoms. The molecule has 1 aliphatic heterocycles. The number of nitrogens with zero attached hydrogens (tertiary/aromatic N) is 3. The topological polar surface area (TPSA) is 80.2 Å². The minimum absolute atomic E-state index is 0.0693. The minimum Gasteiger partial charge on any atom is -0.462 e. The summed E-state index contributed by atoms with van der Waals surface area (Å²) >= 11 is 0. The number of aryl methyl sites for hydroxylation is 1. The molecule has 1 aliphatic rings. The lowest BCUT2D eigenvalue weighted by atomic mass is 10.0. The van der Waals surface area contributed by atoms with Crippen LogP contribution in [0.3, 0.4) is 0 Å². The normalized spacial score (nSPS) is 15.5. The molecule has 24 heavy (non-hydrogen) atoms. The van der Waals surface area contributed by atoms with Crippen LogP contribution in [-0.4, -0.2) is 51.2 Å². The summed E-state index contributed by atoms with van der Waals surface area (Å²) in [6.07, 6.45) is 8.50. The fourth-order valence-corrected chi connectivity index (χ4v) is 3.03. The first kappa shape index (κ1) is 16.3. The largest absolute Gasteiger partial charge is 0.462 e. The number of rotatable bonds is 4. The fourth-order valence-electron chi connectivity index (χ4n) is 3.03. The van der Waals surface area contributed by atoms with Crippen LogP contribution in [0.25, 0.3) is 0 Å². The standard InChI is InChI=1S/C17H22N4O3/c1-3-24-17(23)13-9-19-21(11-13)14-4-6-20(7-5-14)16(22)15-10-18-8-12(15)2/h8-11,14,18H,3-7H2,1-2H3. The van der Waals surface area contributed by atoms with E-state index >= 15 is 0 Å². The molecule has 0 aromatic carbocycles. The fraction of sp³-hybridized carbons (Fsp3) is 0.471. The lowest BCUT2D eigenvalue weighted by Gasteiger charge is -2.32. The van der Waals surface area contributed by atoms with Gasteiger partial charge in [0.1, 0.15) is 0 Å². The van der Waals surface area contributed by atoms with Crippen LogP contribution in [0, 0.1) is 6.92 Å². The molecule has 0 aliphatic carbocycles. The van der Waals surface area contributed by atoms with Crippen molar-refractivity contribution in [3.05, 3.63) is 41.5 Å². The Morgan fingerprint density at radius 1 is 1.33 bits per heavy atom. The van der Waals surface area contributed by atoms with Crippen molar-refractivity contribution < 1.29 is 14.3 Å². The van der Waals surface area contributed by atoms with E-state index in [2.05, 4.69) is 10.1 Å². The zero-order valence-corrected chi connectivity index (χ0v) is 14.0. The van der Waals surface area contributed by atoms with Gasteiger partial charge in [0.2, 0.25) is 0 Å². The molecule has 7 nitrogen and oxygen atoms in total. The molecule has 3 rings (SSSR count). The molecule has 0 bridgehead atoms. The Morgan fingerprint density at radius 3 is 2.71 bits per heavy atom. The van der Waals surface area contributed by atoms with Gasteiger partial charge >= 0.3 is 5.97 Å². The lowest BCUT2D eigenvalue weighted by molar-refractivity contribution is 0.0526. The number of hydrogen-bond donors (Lipinski definition) is 1. The zero-order chi connectivity index (χ0) is 17.1. The average molecular weight is 330 g/mol. The molecule has 3 heterocycles. The van der Waals surface area contributed by atoms with Crippen molar-refractivity contribution >= 4 is 11.9 Å². The first-order chi connectivity index (χ1) is 11.6. The van der Waals surface area contributed by atoms with Crippen LogP contribution in [0.4, 0.5) is 0 Å². The Kier molecular flexibility index (Phi) is 4.69. The molecule has 2 aromatic heterocycles. The Labute approximate surface area is 140 Å². The van der Waals surface area contributed by atoms with Gasteiger partial charge in [-0.05, 0) is 32.3 Å². The number of hydrogen-bond acceptors (Lipinski definition) is 4. The van der Waals surface area contributed by atoms with Crippen LogP contribution in [-0.2, 0) is 4.74 Å². The number of amides is 1. The van der Waals surface area contributed by atoms with E-state index in [-0.39, 0.29) is 17.9 Å². The molecule has 2 aromatic rings. The zero-order valence-electron chi connectivity index (χ0n) is 14.0. The van der Waals surface area contributed by atoms with Crippen LogP contribution in [0.5, 0.6) is 0 Å². The van der Waals surface area contributed by atoms with Crippen molar-refractivity contribution in [3.8, 4) is 0 Å². The number of ether oxygens (including phenoxy) is 1. The van der Waals surface area contributed by atoms with Gasteiger partial charge in [-0.2, -0.15) is 5.10 Å². The number of carbonyl (C=O) groups is 2. The summed E-state index contributed by atoms with van der Waals surface area (Å²) in [5.41, 5.74) is 2.17. The molecule has 0 saturated carbocycles. The third kappa shape index (κ3) is 3.20. The molecule has 1 saturated heterocycles. The predicted molar refractivity (Wildman–Crippen MR) is 87.9 cm³/mol. The highest BCUT2D eigenvalue weighted by atomic mass is 16.5. The number of nitrogens with one attached hydrogen (secondary N) is 1. The third-order valence-corrected chi connectivity index (χ3v) is 4.42. The van der Waals surface area contributed by atoms with Crippen LogP contribution in [0.15, 0.2) is 24.8 Å². The van der Waals surface area contributed by atoms with Gasteiger partial charge < -0.3 is 14.6 Å². The smallest absolute Gasteiger partial charge is 0.341 e. The maximum atomic E-state index is 12.5. The summed E-state index contributed by atoms with van der Waals surface area (Å²) < 4.78 is 6.80. The number of likely N-dealkylation sites (tertiary alicyclic amines) is 1. The van der Waals surface area contributed by atoms with E-state index in [0.29, 0.717) is 25.3 Å². The highest BCUT2D eigenvalue weighted by Crippen LogP contribution is 2.24. The Balaban J connectivity index is 1.60. The number of carbonyl (C=O) groups excluding carboxylic acids is 2. The van der Waals surface area contributed by atoms with Crippen molar-refractivity contribution in [2.45, 2.75) is 32.7 Å². The Morgan fingerprint density at radius 2 is 2.08 bits per heavy atom. The van der Waals surface area contributed by atoms with Crippen LogP contribution < -0.4 is 0 Å². The second kappa shape index (κ2) is 6.90. The SMILES string of the molecule is CCOC(=O)c1cnn(C2CCN(C(=O)c3c[nH]cc3C)CC2)c1. The van der Waals surface area contributed by atoms with Crippen molar-refractivity contribution in [3.63, 3.8) is 0 Å². The predicted octanol–water partition coefficient (Wildman–Crippen LogP) is 2.17. The van der Waals surface area contributed by atoms with Crippen molar-refractivity contribution in [2.75, 3.05) is 19.7 Å². The maximum Gasteiger partial charge on any atom is 0.341 e. The molecule has 1 amide bonds. The van der Waals surface area contributed by atoms with E-state index in [4.69, 9.17) is 4.74 Å². The van der Waals surface area contributed by atoms with Crippen LogP contribution in [0.1, 0.15) is 52.1 Å². The summed E-state index contributed by atoms with van der Waals surface area (Å²) in [6, 6.07) is 0.199. The first-order valence-corrected chi connectivity index (χ1v) is 8.24. The molecule has 1 N–H and O–H groups in total. The van der Waals surface area contributed by atoms with E-state index < -0.39 is 0 Å². The molecule has 0 radical (unpaired) electrons. The van der Waals surface area contributed by atoms with Gasteiger partial charge in [0.05, 0.1) is 30.0 Å². The molecule has 1 fully saturated rings. The van der Waals surface area contributed by atoms with Gasteiger partial charge in [-0.15, -0.1) is 0 Å². The number of piperidine rings is 1. The van der Waals surface area contributed by atoms with Crippen molar-refractivity contribution in [1.82, 2.24) is 19.7 Å². The molecule has 128 valence electrons.